The maximum atomic E-state index is 12.4. The van der Waals surface area contributed by atoms with Crippen LogP contribution in [0.3, 0.4) is 0 Å². The third-order valence-corrected chi connectivity index (χ3v) is 5.43. The van der Waals surface area contributed by atoms with Gasteiger partial charge in [0.1, 0.15) is 5.75 Å². The molecule has 1 unspecified atom stereocenters. The second-order valence-corrected chi connectivity index (χ2v) is 6.95. The molecular formula is C19H24N2O5. The number of piperidine rings is 1. The predicted molar refractivity (Wildman–Crippen MR) is 93.9 cm³/mol. The summed E-state index contributed by atoms with van der Waals surface area (Å²) in [6.45, 7) is 3.32. The number of hydrogen-bond donors (Lipinski definition) is 2. The van der Waals surface area contributed by atoms with E-state index in [2.05, 4.69) is 5.32 Å². The van der Waals surface area contributed by atoms with E-state index in [0.717, 1.165) is 19.3 Å². The molecule has 0 bridgehead atoms. The molecule has 1 aliphatic heterocycles. The molecule has 2 N–H and O–H groups in total. The van der Waals surface area contributed by atoms with Gasteiger partial charge in [0.25, 0.3) is 5.91 Å². The monoisotopic (exact) mass is 360 g/mol. The van der Waals surface area contributed by atoms with E-state index in [9.17, 15) is 14.4 Å². The summed E-state index contributed by atoms with van der Waals surface area (Å²) in [5.41, 5.74) is 0.296. The molecule has 1 aliphatic carbocycles. The molecule has 2 aliphatic rings. The van der Waals surface area contributed by atoms with Gasteiger partial charge >= 0.3 is 5.97 Å². The Morgan fingerprint density at radius 1 is 1.27 bits per heavy atom. The largest absolute Gasteiger partial charge is 0.493 e. The zero-order valence-corrected chi connectivity index (χ0v) is 14.9. The molecule has 26 heavy (non-hydrogen) atoms. The van der Waals surface area contributed by atoms with E-state index in [1.165, 1.54) is 0 Å². The number of carbonyl (C=O) groups excluding carboxylic acids is 2. The van der Waals surface area contributed by atoms with Crippen LogP contribution in [-0.4, -0.2) is 54.0 Å². The Morgan fingerprint density at radius 3 is 2.58 bits per heavy atom. The highest BCUT2D eigenvalue weighted by Gasteiger charge is 2.59. The Morgan fingerprint density at radius 2 is 1.96 bits per heavy atom. The van der Waals surface area contributed by atoms with Crippen LogP contribution in [0, 0.1) is 11.3 Å². The molecule has 140 valence electrons. The first-order valence-corrected chi connectivity index (χ1v) is 8.97. The summed E-state index contributed by atoms with van der Waals surface area (Å²) < 4.78 is 5.44. The third kappa shape index (κ3) is 3.66. The van der Waals surface area contributed by atoms with E-state index in [1.807, 2.05) is 6.92 Å². The van der Waals surface area contributed by atoms with Crippen LogP contribution >= 0.6 is 0 Å². The number of benzene rings is 1. The number of rotatable bonds is 6. The Kier molecular flexibility index (Phi) is 5.15. The Labute approximate surface area is 152 Å². The van der Waals surface area contributed by atoms with Crippen molar-refractivity contribution in [2.45, 2.75) is 26.2 Å². The van der Waals surface area contributed by atoms with Crippen molar-refractivity contribution in [3.8, 4) is 5.75 Å². The summed E-state index contributed by atoms with van der Waals surface area (Å²) in [6, 6.07) is 6.92. The summed E-state index contributed by atoms with van der Waals surface area (Å²) >= 11 is 0. The Bertz CT molecular complexity index is 710. The van der Waals surface area contributed by atoms with Crippen molar-refractivity contribution in [2.24, 2.45) is 11.3 Å². The average Bonchev–Trinajstić information content (AvgIpc) is 3.34. The quantitative estimate of drug-likeness (QED) is 0.802. The summed E-state index contributed by atoms with van der Waals surface area (Å²) in [6.07, 6.45) is 2.16. The zero-order valence-electron chi connectivity index (χ0n) is 14.9. The number of aliphatic carboxylic acids is 1. The lowest BCUT2D eigenvalue weighted by Crippen LogP contribution is -2.45. The standard InChI is InChI=1S/C19H24N2O5/c1-2-26-15-6-4-3-5-13(15)17(23)20-12-16(22)21-9-7-19(8-10-21)11-14(19)18(24)25/h3-6,14H,2,7-12H2,1H3,(H,20,23)(H,24,25). The van der Waals surface area contributed by atoms with Crippen LogP contribution in [0.5, 0.6) is 5.75 Å². The summed E-state index contributed by atoms with van der Waals surface area (Å²) in [7, 11) is 0. The number of ether oxygens (including phenoxy) is 1. The lowest BCUT2D eigenvalue weighted by atomic mass is 9.91. The van der Waals surface area contributed by atoms with Crippen molar-refractivity contribution in [3.63, 3.8) is 0 Å². The second kappa shape index (κ2) is 7.35. The number of carbonyl (C=O) groups is 3. The molecule has 7 nitrogen and oxygen atoms in total. The van der Waals surface area contributed by atoms with Gasteiger partial charge < -0.3 is 20.1 Å². The van der Waals surface area contributed by atoms with Gasteiger partial charge in [0.05, 0.1) is 24.6 Å². The highest BCUT2D eigenvalue weighted by Crippen LogP contribution is 2.59. The molecule has 0 radical (unpaired) electrons. The summed E-state index contributed by atoms with van der Waals surface area (Å²) in [4.78, 5) is 37.5. The Balaban J connectivity index is 1.49. The molecule has 2 fully saturated rings. The SMILES string of the molecule is CCOc1ccccc1C(=O)NCC(=O)N1CCC2(CC1)CC2C(=O)O. The predicted octanol–water partition coefficient (Wildman–Crippen LogP) is 1.53. The number of para-hydroxylation sites is 1. The summed E-state index contributed by atoms with van der Waals surface area (Å²) in [5, 5.41) is 11.8. The molecule has 7 heteroatoms. The van der Waals surface area contributed by atoms with Crippen LogP contribution in [0.4, 0.5) is 0 Å². The van der Waals surface area contributed by atoms with Crippen molar-refractivity contribution >= 4 is 17.8 Å². The van der Waals surface area contributed by atoms with E-state index in [0.29, 0.717) is 31.0 Å². The third-order valence-electron chi connectivity index (χ3n) is 5.43. The van der Waals surface area contributed by atoms with Gasteiger partial charge in [0.2, 0.25) is 5.91 Å². The van der Waals surface area contributed by atoms with Crippen LogP contribution in [0.25, 0.3) is 0 Å². The number of amides is 2. The molecular weight excluding hydrogens is 336 g/mol. The molecule has 3 rings (SSSR count). The number of nitrogens with one attached hydrogen (secondary N) is 1. The van der Waals surface area contributed by atoms with E-state index in [1.54, 1.807) is 29.2 Å². The van der Waals surface area contributed by atoms with Crippen LogP contribution in [0.2, 0.25) is 0 Å². The van der Waals surface area contributed by atoms with E-state index >= 15 is 0 Å². The Hall–Kier alpha value is -2.57. The lowest BCUT2D eigenvalue weighted by molar-refractivity contribution is -0.139. The van der Waals surface area contributed by atoms with Gasteiger partial charge in [-0.1, -0.05) is 12.1 Å². The highest BCUT2D eigenvalue weighted by atomic mass is 16.5. The zero-order chi connectivity index (χ0) is 18.7. The van der Waals surface area contributed by atoms with Crippen LogP contribution in [0.15, 0.2) is 24.3 Å². The molecule has 1 spiro atoms. The number of carboxylic acids is 1. The van der Waals surface area contributed by atoms with Crippen molar-refractivity contribution in [1.29, 1.82) is 0 Å². The van der Waals surface area contributed by atoms with Gasteiger partial charge in [0, 0.05) is 13.1 Å². The normalized spacial score (nSPS) is 20.5. The average molecular weight is 360 g/mol. The fourth-order valence-corrected chi connectivity index (χ4v) is 3.75. The van der Waals surface area contributed by atoms with Crippen molar-refractivity contribution in [2.75, 3.05) is 26.2 Å². The molecule has 0 aromatic heterocycles. The van der Waals surface area contributed by atoms with Gasteiger partial charge in [-0.25, -0.2) is 0 Å². The van der Waals surface area contributed by atoms with E-state index < -0.39 is 5.97 Å². The molecule has 1 aromatic carbocycles. The first-order valence-electron chi connectivity index (χ1n) is 8.97. The van der Waals surface area contributed by atoms with Crippen LogP contribution in [0.1, 0.15) is 36.5 Å². The lowest BCUT2D eigenvalue weighted by Gasteiger charge is -2.32. The molecule has 1 heterocycles. The second-order valence-electron chi connectivity index (χ2n) is 6.95. The molecule has 1 saturated carbocycles. The molecule has 1 aromatic rings. The van der Waals surface area contributed by atoms with Gasteiger partial charge in [-0.3, -0.25) is 14.4 Å². The number of hydrogen-bond acceptors (Lipinski definition) is 4. The fraction of sp³-hybridized carbons (Fsp3) is 0.526. The first kappa shape index (κ1) is 18.2. The minimum absolute atomic E-state index is 0.0748. The van der Waals surface area contributed by atoms with Crippen LogP contribution in [-0.2, 0) is 9.59 Å². The maximum absolute atomic E-state index is 12.4. The first-order chi connectivity index (χ1) is 12.5. The van der Waals surface area contributed by atoms with E-state index in [4.69, 9.17) is 9.84 Å². The number of likely N-dealkylation sites (tertiary alicyclic amines) is 1. The van der Waals surface area contributed by atoms with Gasteiger partial charge in [-0.2, -0.15) is 0 Å². The van der Waals surface area contributed by atoms with Crippen molar-refractivity contribution in [3.05, 3.63) is 29.8 Å². The minimum atomic E-state index is -0.731. The molecule has 1 atom stereocenters. The maximum Gasteiger partial charge on any atom is 0.307 e. The number of nitrogens with zero attached hydrogens (tertiary/aromatic N) is 1. The van der Waals surface area contributed by atoms with E-state index in [-0.39, 0.29) is 29.7 Å². The van der Waals surface area contributed by atoms with Crippen molar-refractivity contribution in [1.82, 2.24) is 10.2 Å². The summed E-state index contributed by atoms with van der Waals surface area (Å²) in [5.74, 6) is -0.980. The number of carboxylic acid groups (broad SMARTS) is 1. The highest BCUT2D eigenvalue weighted by molar-refractivity contribution is 5.98. The molecule has 1 saturated heterocycles. The molecule has 2 amide bonds. The van der Waals surface area contributed by atoms with Gasteiger partial charge in [-0.05, 0) is 43.7 Å². The van der Waals surface area contributed by atoms with Gasteiger partial charge in [0.15, 0.2) is 0 Å². The smallest absolute Gasteiger partial charge is 0.307 e. The fourth-order valence-electron chi connectivity index (χ4n) is 3.75. The van der Waals surface area contributed by atoms with Gasteiger partial charge in [-0.15, -0.1) is 0 Å². The minimum Gasteiger partial charge on any atom is -0.493 e. The van der Waals surface area contributed by atoms with Crippen LogP contribution < -0.4 is 10.1 Å². The van der Waals surface area contributed by atoms with Crippen molar-refractivity contribution < 1.29 is 24.2 Å². The topological polar surface area (TPSA) is 95.9 Å².